The van der Waals surface area contributed by atoms with Crippen molar-refractivity contribution < 1.29 is 23.8 Å². The van der Waals surface area contributed by atoms with Crippen LogP contribution in [0.2, 0.25) is 0 Å². The zero-order valence-corrected chi connectivity index (χ0v) is 19.3. The second kappa shape index (κ2) is 9.85. The van der Waals surface area contributed by atoms with Crippen molar-refractivity contribution in [3.63, 3.8) is 0 Å². The van der Waals surface area contributed by atoms with Crippen LogP contribution in [0.4, 0.5) is 0 Å². The van der Waals surface area contributed by atoms with E-state index in [-0.39, 0.29) is 37.2 Å². The number of esters is 1. The molecule has 1 atom stereocenters. The Labute approximate surface area is 199 Å². The Kier molecular flexibility index (Phi) is 6.49. The van der Waals surface area contributed by atoms with Crippen molar-refractivity contribution in [2.24, 2.45) is 11.0 Å². The van der Waals surface area contributed by atoms with Crippen molar-refractivity contribution >= 4 is 17.6 Å². The van der Waals surface area contributed by atoms with Gasteiger partial charge in [-0.1, -0.05) is 36.4 Å². The Morgan fingerprint density at radius 1 is 1.06 bits per heavy atom. The number of piperidine rings is 1. The third-order valence-corrected chi connectivity index (χ3v) is 6.62. The van der Waals surface area contributed by atoms with Gasteiger partial charge in [0.25, 0.3) is 5.91 Å². The molecule has 1 fully saturated rings. The molecule has 0 saturated carbocycles. The fourth-order valence-corrected chi connectivity index (χ4v) is 4.78. The topological polar surface area (TPSA) is 80.7 Å². The van der Waals surface area contributed by atoms with Crippen LogP contribution in [-0.4, -0.2) is 60.5 Å². The van der Waals surface area contributed by atoms with Crippen LogP contribution < -0.4 is 9.47 Å². The van der Waals surface area contributed by atoms with Crippen LogP contribution in [0.1, 0.15) is 43.4 Å². The Bertz CT molecular complexity index is 1080. The largest absolute Gasteiger partial charge is 0.466 e. The second-order valence-electron chi connectivity index (χ2n) is 8.79. The van der Waals surface area contributed by atoms with E-state index >= 15 is 0 Å². The molecule has 1 unspecified atom stereocenters. The van der Waals surface area contributed by atoms with Gasteiger partial charge >= 0.3 is 5.97 Å². The number of amides is 1. The van der Waals surface area contributed by atoms with E-state index in [0.29, 0.717) is 50.5 Å². The minimum absolute atomic E-state index is 0.0526. The lowest BCUT2D eigenvalue weighted by atomic mass is 9.96. The maximum absolute atomic E-state index is 13.5. The molecule has 0 aromatic heterocycles. The van der Waals surface area contributed by atoms with E-state index in [2.05, 4.69) is 4.90 Å². The van der Waals surface area contributed by atoms with Crippen molar-refractivity contribution in [3.05, 3.63) is 59.7 Å². The minimum atomic E-state index is -0.214. The van der Waals surface area contributed by atoms with E-state index < -0.39 is 0 Å². The van der Waals surface area contributed by atoms with Crippen LogP contribution in [0.15, 0.2) is 53.6 Å². The van der Waals surface area contributed by atoms with Crippen LogP contribution in [0.5, 0.6) is 11.5 Å². The summed E-state index contributed by atoms with van der Waals surface area (Å²) >= 11 is 0. The van der Waals surface area contributed by atoms with Crippen LogP contribution in [0.25, 0.3) is 0 Å². The molecule has 2 aromatic carbocycles. The summed E-state index contributed by atoms with van der Waals surface area (Å²) in [5.74, 6) is 1.14. The number of hydrogen-bond donors (Lipinski definition) is 0. The van der Waals surface area contributed by atoms with Gasteiger partial charge in [-0.15, -0.1) is 0 Å². The SMILES string of the molecule is CCOC(=O)C1CCN(CC(=O)N2N=C(c3ccccc3)CC2c2ccc3c(c2)OCO3)CC1. The van der Waals surface area contributed by atoms with Crippen molar-refractivity contribution in [1.82, 2.24) is 9.91 Å². The van der Waals surface area contributed by atoms with E-state index in [4.69, 9.17) is 19.3 Å². The van der Waals surface area contributed by atoms with Crippen LogP contribution >= 0.6 is 0 Å². The summed E-state index contributed by atoms with van der Waals surface area (Å²) in [6.45, 7) is 4.07. The maximum Gasteiger partial charge on any atom is 0.309 e. The summed E-state index contributed by atoms with van der Waals surface area (Å²) in [6, 6.07) is 15.6. The predicted octanol–water partition coefficient (Wildman–Crippen LogP) is 3.37. The minimum Gasteiger partial charge on any atom is -0.466 e. The fraction of sp³-hybridized carbons (Fsp3) is 0.423. The summed E-state index contributed by atoms with van der Waals surface area (Å²) in [4.78, 5) is 27.6. The third-order valence-electron chi connectivity index (χ3n) is 6.62. The number of benzene rings is 2. The molecule has 1 amide bonds. The smallest absolute Gasteiger partial charge is 0.309 e. The molecule has 0 N–H and O–H groups in total. The van der Waals surface area contributed by atoms with Gasteiger partial charge in [-0.05, 0) is 56.1 Å². The molecule has 0 radical (unpaired) electrons. The number of hydrogen-bond acceptors (Lipinski definition) is 7. The Morgan fingerprint density at radius 3 is 2.59 bits per heavy atom. The number of hydrazone groups is 1. The average Bonchev–Trinajstić information content (AvgIpc) is 3.52. The lowest BCUT2D eigenvalue weighted by Crippen LogP contribution is -2.43. The molecule has 0 spiro atoms. The van der Waals surface area contributed by atoms with Gasteiger partial charge in [0.15, 0.2) is 11.5 Å². The third kappa shape index (κ3) is 4.63. The van der Waals surface area contributed by atoms with E-state index in [9.17, 15) is 9.59 Å². The fourth-order valence-electron chi connectivity index (χ4n) is 4.78. The summed E-state index contributed by atoms with van der Waals surface area (Å²) in [5.41, 5.74) is 2.87. The first-order valence-corrected chi connectivity index (χ1v) is 11.9. The molecular weight excluding hydrogens is 434 g/mol. The highest BCUT2D eigenvalue weighted by atomic mass is 16.7. The van der Waals surface area contributed by atoms with Crippen molar-refractivity contribution in [3.8, 4) is 11.5 Å². The number of ether oxygens (including phenoxy) is 3. The molecule has 8 nitrogen and oxygen atoms in total. The molecule has 0 bridgehead atoms. The van der Waals surface area contributed by atoms with E-state index in [1.165, 1.54) is 0 Å². The molecule has 34 heavy (non-hydrogen) atoms. The number of likely N-dealkylation sites (tertiary alicyclic amines) is 1. The first-order chi connectivity index (χ1) is 16.6. The predicted molar refractivity (Wildman–Crippen MR) is 126 cm³/mol. The lowest BCUT2D eigenvalue weighted by molar-refractivity contribution is -0.149. The summed E-state index contributed by atoms with van der Waals surface area (Å²) in [7, 11) is 0. The first kappa shape index (κ1) is 22.4. The monoisotopic (exact) mass is 463 g/mol. The van der Waals surface area contributed by atoms with Gasteiger partial charge in [0.05, 0.1) is 30.8 Å². The van der Waals surface area contributed by atoms with Crippen molar-refractivity contribution in [2.45, 2.75) is 32.2 Å². The van der Waals surface area contributed by atoms with Gasteiger partial charge < -0.3 is 14.2 Å². The van der Waals surface area contributed by atoms with E-state index in [1.807, 2.05) is 55.5 Å². The van der Waals surface area contributed by atoms with Gasteiger partial charge in [0.2, 0.25) is 6.79 Å². The van der Waals surface area contributed by atoms with Crippen LogP contribution in [-0.2, 0) is 14.3 Å². The van der Waals surface area contributed by atoms with E-state index in [0.717, 1.165) is 16.8 Å². The highest BCUT2D eigenvalue weighted by Gasteiger charge is 2.35. The second-order valence-corrected chi connectivity index (χ2v) is 8.79. The Balaban J connectivity index is 1.32. The molecule has 3 aliphatic heterocycles. The average molecular weight is 464 g/mol. The van der Waals surface area contributed by atoms with Crippen molar-refractivity contribution in [1.29, 1.82) is 0 Å². The normalized spacial score (nSPS) is 20.3. The number of carbonyl (C=O) groups is 2. The molecule has 3 heterocycles. The Morgan fingerprint density at radius 2 is 1.82 bits per heavy atom. The zero-order chi connectivity index (χ0) is 23.5. The number of fused-ring (bicyclic) bond motifs is 1. The standard InChI is InChI=1S/C26H29N3O5/c1-2-32-26(31)19-10-12-28(13-11-19)16-25(30)29-22(15-21(27-29)18-6-4-3-5-7-18)20-8-9-23-24(14-20)34-17-33-23/h3-9,14,19,22H,2,10-13,15-17H2,1H3. The summed E-state index contributed by atoms with van der Waals surface area (Å²) < 4.78 is 16.2. The van der Waals surface area contributed by atoms with Gasteiger partial charge in [-0.2, -0.15) is 5.10 Å². The highest BCUT2D eigenvalue weighted by molar-refractivity contribution is 6.03. The molecule has 2 aromatic rings. The quantitative estimate of drug-likeness (QED) is 0.611. The molecule has 5 rings (SSSR count). The summed E-state index contributed by atoms with van der Waals surface area (Å²) in [5, 5.41) is 6.39. The lowest BCUT2D eigenvalue weighted by Gasteiger charge is -2.32. The first-order valence-electron chi connectivity index (χ1n) is 11.9. The van der Waals surface area contributed by atoms with Gasteiger partial charge in [-0.25, -0.2) is 5.01 Å². The molecule has 1 saturated heterocycles. The van der Waals surface area contributed by atoms with Gasteiger partial charge in [0.1, 0.15) is 0 Å². The molecule has 178 valence electrons. The van der Waals surface area contributed by atoms with Gasteiger partial charge in [-0.3, -0.25) is 14.5 Å². The number of nitrogens with zero attached hydrogens (tertiary/aromatic N) is 3. The number of rotatable bonds is 6. The molecule has 8 heteroatoms. The van der Waals surface area contributed by atoms with E-state index in [1.54, 1.807) is 5.01 Å². The number of carbonyl (C=O) groups excluding carboxylic acids is 2. The zero-order valence-electron chi connectivity index (χ0n) is 19.3. The molecule has 0 aliphatic carbocycles. The summed E-state index contributed by atoms with van der Waals surface area (Å²) in [6.07, 6.45) is 2.03. The maximum atomic E-state index is 13.5. The van der Waals surface area contributed by atoms with Crippen LogP contribution in [0.3, 0.4) is 0 Å². The van der Waals surface area contributed by atoms with Crippen LogP contribution in [0, 0.1) is 5.92 Å². The molecule has 3 aliphatic rings. The van der Waals surface area contributed by atoms with Gasteiger partial charge in [0, 0.05) is 6.42 Å². The Hall–Kier alpha value is -3.39. The molecular formula is C26H29N3O5. The highest BCUT2D eigenvalue weighted by Crippen LogP contribution is 2.39. The van der Waals surface area contributed by atoms with Crippen molar-refractivity contribution in [2.75, 3.05) is 33.0 Å².